The third kappa shape index (κ3) is 3.46. The Morgan fingerprint density at radius 3 is 2.68 bits per heavy atom. The van der Waals surface area contributed by atoms with Crippen LogP contribution in [0.5, 0.6) is 5.75 Å². The number of hydrogen-bond acceptors (Lipinski definition) is 2. The topological polar surface area (TPSA) is 12.5 Å². The number of hydrogen-bond donors (Lipinski definition) is 0. The highest BCUT2D eigenvalue weighted by Gasteiger charge is 2.48. The normalized spacial score (nSPS) is 24.6. The molecule has 132 valence electrons. The van der Waals surface area contributed by atoms with Gasteiger partial charge in [0.1, 0.15) is 11.4 Å². The minimum Gasteiger partial charge on any atom is -0.486 e. The maximum absolute atomic E-state index is 6.59. The summed E-state index contributed by atoms with van der Waals surface area (Å²) in [5, 5.41) is 0. The van der Waals surface area contributed by atoms with Crippen LogP contribution in [0.25, 0.3) is 0 Å². The molecule has 25 heavy (non-hydrogen) atoms. The molecule has 0 aromatic heterocycles. The van der Waals surface area contributed by atoms with E-state index in [-0.39, 0.29) is 5.60 Å². The van der Waals surface area contributed by atoms with Gasteiger partial charge >= 0.3 is 0 Å². The van der Waals surface area contributed by atoms with E-state index >= 15 is 0 Å². The van der Waals surface area contributed by atoms with Gasteiger partial charge in [0.2, 0.25) is 0 Å². The molecule has 1 aliphatic carbocycles. The number of rotatable bonds is 6. The van der Waals surface area contributed by atoms with Crippen molar-refractivity contribution in [1.29, 1.82) is 0 Å². The molecule has 2 atom stereocenters. The Morgan fingerprint density at radius 2 is 1.80 bits per heavy atom. The van der Waals surface area contributed by atoms with Crippen LogP contribution in [0, 0.1) is 0 Å². The molecule has 2 aromatic carbocycles. The molecule has 0 N–H and O–H groups in total. The monoisotopic (exact) mass is 335 g/mol. The van der Waals surface area contributed by atoms with Crippen molar-refractivity contribution in [3.05, 3.63) is 65.7 Å². The Kier molecular flexibility index (Phi) is 4.80. The lowest BCUT2D eigenvalue weighted by atomic mass is 9.72. The molecule has 0 bridgehead atoms. The Labute approximate surface area is 151 Å². The zero-order chi connectivity index (χ0) is 17.1. The molecule has 0 spiro atoms. The van der Waals surface area contributed by atoms with Crippen molar-refractivity contribution in [2.24, 2.45) is 0 Å². The van der Waals surface area contributed by atoms with Gasteiger partial charge in [0.25, 0.3) is 0 Å². The largest absolute Gasteiger partial charge is 0.486 e. The van der Waals surface area contributed by atoms with E-state index in [1.165, 1.54) is 36.8 Å². The first-order valence-corrected chi connectivity index (χ1v) is 9.77. The number of benzene rings is 2. The highest BCUT2D eigenvalue weighted by Crippen LogP contribution is 2.53. The zero-order valence-corrected chi connectivity index (χ0v) is 15.3. The SMILES string of the molecule is CN(CCc1ccccc1)CC[C@@]12CCCC[C@@H]1c1ccccc1O2. The maximum atomic E-state index is 6.59. The van der Waals surface area contributed by atoms with Crippen LogP contribution in [0.15, 0.2) is 54.6 Å². The summed E-state index contributed by atoms with van der Waals surface area (Å²) < 4.78 is 6.59. The summed E-state index contributed by atoms with van der Waals surface area (Å²) in [6.45, 7) is 2.22. The number of likely N-dealkylation sites (N-methyl/N-ethyl adjacent to an activating group) is 1. The van der Waals surface area contributed by atoms with Gasteiger partial charge in [0, 0.05) is 31.0 Å². The van der Waals surface area contributed by atoms with E-state index < -0.39 is 0 Å². The molecule has 0 unspecified atom stereocenters. The van der Waals surface area contributed by atoms with E-state index in [2.05, 4.69) is 66.5 Å². The molecule has 4 rings (SSSR count). The summed E-state index contributed by atoms with van der Waals surface area (Å²) >= 11 is 0. The van der Waals surface area contributed by atoms with Gasteiger partial charge in [-0.1, -0.05) is 55.0 Å². The molecule has 1 aliphatic heterocycles. The summed E-state index contributed by atoms with van der Waals surface area (Å²) in [5.41, 5.74) is 2.92. The molecule has 2 aliphatic rings. The van der Waals surface area contributed by atoms with E-state index in [1.807, 2.05) is 0 Å². The summed E-state index contributed by atoms with van der Waals surface area (Å²) in [6.07, 6.45) is 7.39. The predicted molar refractivity (Wildman–Crippen MR) is 103 cm³/mol. The van der Waals surface area contributed by atoms with E-state index in [0.717, 1.165) is 31.7 Å². The average molecular weight is 335 g/mol. The molecule has 1 heterocycles. The molecule has 1 saturated carbocycles. The summed E-state index contributed by atoms with van der Waals surface area (Å²) in [5.74, 6) is 1.74. The third-order valence-electron chi connectivity index (χ3n) is 6.13. The van der Waals surface area contributed by atoms with Crippen LogP contribution in [0.1, 0.15) is 49.1 Å². The Balaban J connectivity index is 1.38. The van der Waals surface area contributed by atoms with Crippen molar-refractivity contribution in [2.45, 2.75) is 50.0 Å². The van der Waals surface area contributed by atoms with E-state index in [4.69, 9.17) is 4.74 Å². The first kappa shape index (κ1) is 16.7. The number of nitrogens with zero attached hydrogens (tertiary/aromatic N) is 1. The molecule has 0 amide bonds. The number of fused-ring (bicyclic) bond motifs is 3. The van der Waals surface area contributed by atoms with Crippen molar-refractivity contribution in [2.75, 3.05) is 20.1 Å². The fourth-order valence-electron chi connectivity index (χ4n) is 4.66. The van der Waals surface area contributed by atoms with Crippen molar-refractivity contribution in [1.82, 2.24) is 4.90 Å². The first-order valence-electron chi connectivity index (χ1n) is 9.77. The van der Waals surface area contributed by atoms with Crippen LogP contribution >= 0.6 is 0 Å². The maximum Gasteiger partial charge on any atom is 0.123 e. The fourth-order valence-corrected chi connectivity index (χ4v) is 4.66. The van der Waals surface area contributed by atoms with Crippen LogP contribution in [0.2, 0.25) is 0 Å². The average Bonchev–Trinajstić information content (AvgIpc) is 3.00. The van der Waals surface area contributed by atoms with Crippen LogP contribution in [0.3, 0.4) is 0 Å². The molecule has 0 saturated heterocycles. The van der Waals surface area contributed by atoms with Gasteiger partial charge < -0.3 is 9.64 Å². The first-order chi connectivity index (χ1) is 12.3. The minimum absolute atomic E-state index is 0.0446. The van der Waals surface area contributed by atoms with E-state index in [1.54, 1.807) is 0 Å². The second kappa shape index (κ2) is 7.21. The number of ether oxygens (including phenoxy) is 1. The molecule has 0 radical (unpaired) electrons. The van der Waals surface area contributed by atoms with E-state index in [0.29, 0.717) is 5.92 Å². The van der Waals surface area contributed by atoms with Gasteiger partial charge in [-0.25, -0.2) is 0 Å². The second-order valence-electron chi connectivity index (χ2n) is 7.79. The van der Waals surface area contributed by atoms with E-state index in [9.17, 15) is 0 Å². The van der Waals surface area contributed by atoms with Gasteiger partial charge in [-0.2, -0.15) is 0 Å². The Morgan fingerprint density at radius 1 is 1.00 bits per heavy atom. The lowest BCUT2D eigenvalue weighted by Crippen LogP contribution is -2.43. The smallest absolute Gasteiger partial charge is 0.123 e. The molecule has 2 heteroatoms. The molecule has 1 fully saturated rings. The van der Waals surface area contributed by atoms with Crippen molar-refractivity contribution >= 4 is 0 Å². The molecule has 2 nitrogen and oxygen atoms in total. The van der Waals surface area contributed by atoms with Gasteiger partial charge in [-0.15, -0.1) is 0 Å². The van der Waals surface area contributed by atoms with Gasteiger partial charge in [-0.3, -0.25) is 0 Å². The quantitative estimate of drug-likeness (QED) is 0.733. The second-order valence-corrected chi connectivity index (χ2v) is 7.79. The van der Waals surface area contributed by atoms with Crippen LogP contribution in [0.4, 0.5) is 0 Å². The summed E-state index contributed by atoms with van der Waals surface area (Å²) in [7, 11) is 2.25. The molecular weight excluding hydrogens is 306 g/mol. The predicted octanol–water partition coefficient (Wildman–Crippen LogP) is 5.04. The molecular formula is C23H29NO. The fraction of sp³-hybridized carbons (Fsp3) is 0.478. The minimum atomic E-state index is 0.0446. The third-order valence-corrected chi connectivity index (χ3v) is 6.13. The van der Waals surface area contributed by atoms with Gasteiger partial charge in [-0.05, 0) is 44.4 Å². The molecule has 2 aromatic rings. The zero-order valence-electron chi connectivity index (χ0n) is 15.3. The highest BCUT2D eigenvalue weighted by atomic mass is 16.5. The van der Waals surface area contributed by atoms with Crippen molar-refractivity contribution < 1.29 is 4.74 Å². The summed E-state index contributed by atoms with van der Waals surface area (Å²) in [4.78, 5) is 2.47. The lowest BCUT2D eigenvalue weighted by molar-refractivity contribution is 0.0198. The van der Waals surface area contributed by atoms with Gasteiger partial charge in [0.15, 0.2) is 0 Å². The van der Waals surface area contributed by atoms with Crippen molar-refractivity contribution in [3.8, 4) is 5.75 Å². The van der Waals surface area contributed by atoms with Gasteiger partial charge in [0.05, 0.1) is 0 Å². The van der Waals surface area contributed by atoms with Crippen LogP contribution in [-0.4, -0.2) is 30.6 Å². The summed E-state index contributed by atoms with van der Waals surface area (Å²) in [6, 6.07) is 19.5. The van der Waals surface area contributed by atoms with Crippen LogP contribution < -0.4 is 4.74 Å². The Hall–Kier alpha value is -1.80. The standard InChI is InChI=1S/C23H29NO/c1-24(17-14-19-9-3-2-4-10-19)18-16-23-15-8-7-12-21(23)20-11-5-6-13-22(20)25-23/h2-6,9-11,13,21H,7-8,12,14-18H2,1H3/t21-,23+/m1/s1. The lowest BCUT2D eigenvalue weighted by Gasteiger charge is -2.39. The highest BCUT2D eigenvalue weighted by molar-refractivity contribution is 5.43. The number of para-hydroxylation sites is 1. The Bertz CT molecular complexity index is 698. The van der Waals surface area contributed by atoms with Crippen molar-refractivity contribution in [3.63, 3.8) is 0 Å². The van der Waals surface area contributed by atoms with Crippen LogP contribution in [-0.2, 0) is 6.42 Å².